The summed E-state index contributed by atoms with van der Waals surface area (Å²) >= 11 is 0. The molecule has 0 saturated carbocycles. The number of hydrogen-bond acceptors (Lipinski definition) is 4. The molecule has 1 N–H and O–H groups in total. The van der Waals surface area contributed by atoms with E-state index in [2.05, 4.69) is 187 Å². The zero-order chi connectivity index (χ0) is 35.1. The molecule has 0 spiro atoms. The quantitative estimate of drug-likeness (QED) is 0.182. The van der Waals surface area contributed by atoms with Gasteiger partial charge in [-0.1, -0.05) is 72.8 Å². The minimum Gasteiger partial charge on any atom is -0.366 e. The van der Waals surface area contributed by atoms with Gasteiger partial charge in [0.1, 0.15) is 6.17 Å². The molecular weight excluding hydrogens is 649 g/mol. The lowest BCUT2D eigenvalue weighted by atomic mass is 10.1. The Morgan fingerprint density at radius 3 is 2.00 bits per heavy atom. The lowest BCUT2D eigenvalue weighted by Crippen LogP contribution is -2.16. The van der Waals surface area contributed by atoms with E-state index in [9.17, 15) is 0 Å². The Labute approximate surface area is 307 Å². The second kappa shape index (κ2) is 12.9. The number of aromatic nitrogens is 3. The van der Waals surface area contributed by atoms with E-state index < -0.39 is 0 Å². The lowest BCUT2D eigenvalue weighted by molar-refractivity contribution is 0.653. The van der Waals surface area contributed by atoms with Gasteiger partial charge >= 0.3 is 0 Å². The fraction of sp³-hybridized carbons (Fsp3) is 0.0213. The first-order chi connectivity index (χ1) is 26.3. The number of hydrogen-bond donors (Lipinski definition) is 1. The third-order valence-electron chi connectivity index (χ3n) is 10.1. The van der Waals surface area contributed by atoms with Crippen molar-refractivity contribution in [3.63, 3.8) is 0 Å². The van der Waals surface area contributed by atoms with Crippen LogP contribution in [0.4, 0.5) is 17.1 Å². The summed E-state index contributed by atoms with van der Waals surface area (Å²) in [5, 5.41) is 6.95. The Kier molecular flexibility index (Phi) is 7.43. The first kappa shape index (κ1) is 30.6. The smallest absolute Gasteiger partial charge is 0.144 e. The molecule has 3 aromatic heterocycles. The van der Waals surface area contributed by atoms with Crippen molar-refractivity contribution in [1.82, 2.24) is 19.4 Å². The van der Waals surface area contributed by atoms with Crippen molar-refractivity contribution in [2.24, 2.45) is 4.99 Å². The van der Waals surface area contributed by atoms with E-state index in [1.807, 2.05) is 37.0 Å². The Bertz CT molecular complexity index is 2780. The Morgan fingerprint density at radius 2 is 1.28 bits per heavy atom. The van der Waals surface area contributed by atoms with Crippen molar-refractivity contribution in [2.45, 2.75) is 6.17 Å². The summed E-state index contributed by atoms with van der Waals surface area (Å²) in [5.74, 6) is 0. The summed E-state index contributed by atoms with van der Waals surface area (Å²) in [5.41, 5.74) is 12.3. The van der Waals surface area contributed by atoms with Crippen LogP contribution in [0.15, 0.2) is 194 Å². The van der Waals surface area contributed by atoms with Crippen LogP contribution >= 0.6 is 0 Å². The van der Waals surface area contributed by atoms with E-state index in [-0.39, 0.29) is 6.17 Å². The fourth-order valence-electron chi connectivity index (χ4n) is 7.65. The van der Waals surface area contributed by atoms with Gasteiger partial charge in [-0.05, 0) is 114 Å². The van der Waals surface area contributed by atoms with Crippen LogP contribution in [-0.2, 0) is 0 Å². The normalized spacial score (nSPS) is 13.8. The summed E-state index contributed by atoms with van der Waals surface area (Å²) in [4.78, 5) is 11.3. The molecule has 10 rings (SSSR count). The van der Waals surface area contributed by atoms with Crippen LogP contribution in [0, 0.1) is 0 Å². The number of allylic oxidation sites excluding steroid dienone is 1. The van der Waals surface area contributed by atoms with E-state index in [0.29, 0.717) is 0 Å². The van der Waals surface area contributed by atoms with Crippen LogP contribution < -0.4 is 10.2 Å². The van der Waals surface area contributed by atoms with Crippen LogP contribution in [0.3, 0.4) is 0 Å². The molecule has 0 aliphatic carbocycles. The minimum absolute atomic E-state index is 0.102. The number of rotatable bonds is 7. The molecule has 1 aliphatic rings. The highest BCUT2D eigenvalue weighted by Gasteiger charge is 2.20. The highest BCUT2D eigenvalue weighted by Crippen LogP contribution is 2.42. The molecular formula is C47H34N6. The maximum atomic E-state index is 4.61. The molecule has 1 unspecified atom stereocenters. The first-order valence-corrected chi connectivity index (χ1v) is 17.8. The van der Waals surface area contributed by atoms with Crippen molar-refractivity contribution < 1.29 is 0 Å². The van der Waals surface area contributed by atoms with Crippen molar-refractivity contribution in [3.05, 3.63) is 194 Å². The first-order valence-electron chi connectivity index (χ1n) is 17.8. The Morgan fingerprint density at radius 1 is 0.566 bits per heavy atom. The molecule has 4 heterocycles. The van der Waals surface area contributed by atoms with Crippen molar-refractivity contribution >= 4 is 56.0 Å². The van der Waals surface area contributed by atoms with Crippen LogP contribution in [0.2, 0.25) is 0 Å². The fourth-order valence-corrected chi connectivity index (χ4v) is 7.65. The molecule has 0 saturated heterocycles. The SMILES string of the molecule is C1=CNC(c2ccc(N(c3ccc(-c4cccnc4)cc3)c3ccc4c(c3)c3ccc5c(ccn5-c5ccccc5)c3n4-c3ccccc3)cc2)N=C1. The summed E-state index contributed by atoms with van der Waals surface area (Å²) in [6.45, 7) is 0. The van der Waals surface area contributed by atoms with Crippen molar-refractivity contribution in [1.29, 1.82) is 0 Å². The Balaban J connectivity index is 1.16. The molecule has 9 aromatic rings. The predicted octanol–water partition coefficient (Wildman–Crippen LogP) is 11.4. The molecule has 6 aromatic carbocycles. The zero-order valence-corrected chi connectivity index (χ0v) is 28.8. The highest BCUT2D eigenvalue weighted by molar-refractivity contribution is 6.19. The van der Waals surface area contributed by atoms with Crippen LogP contribution in [0.1, 0.15) is 11.7 Å². The number of para-hydroxylation sites is 2. The third-order valence-corrected chi connectivity index (χ3v) is 10.1. The number of pyridine rings is 1. The zero-order valence-electron chi connectivity index (χ0n) is 28.8. The number of anilines is 3. The van der Waals surface area contributed by atoms with Gasteiger partial charge in [0.05, 0.1) is 16.6 Å². The van der Waals surface area contributed by atoms with Gasteiger partial charge in [-0.3, -0.25) is 9.98 Å². The van der Waals surface area contributed by atoms with E-state index in [4.69, 9.17) is 0 Å². The highest BCUT2D eigenvalue weighted by atomic mass is 15.1. The molecule has 6 nitrogen and oxygen atoms in total. The molecule has 0 amide bonds. The van der Waals surface area contributed by atoms with Crippen LogP contribution in [-0.4, -0.2) is 20.3 Å². The maximum absolute atomic E-state index is 4.61. The predicted molar refractivity (Wildman–Crippen MR) is 219 cm³/mol. The Hall–Kier alpha value is -7.18. The summed E-state index contributed by atoms with van der Waals surface area (Å²) in [7, 11) is 0. The number of benzene rings is 6. The standard InChI is InChI=1S/C47H34N6/c1-3-10-36(11-4-1)51-30-26-42-44(51)25-23-41-43-31-40(22-24-45(43)53(46(41)42)37-12-5-2-6-13-37)52(38-18-14-33(15-19-38)35-9-7-27-48-32-35)39-20-16-34(17-21-39)47-49-28-8-29-50-47/h1-32,47,49H. The van der Waals surface area contributed by atoms with Gasteiger partial charge < -0.3 is 19.4 Å². The summed E-state index contributed by atoms with van der Waals surface area (Å²) in [6.07, 6.45) is 11.5. The molecule has 53 heavy (non-hydrogen) atoms. The van der Waals surface area contributed by atoms with Gasteiger partial charge in [-0.15, -0.1) is 0 Å². The molecule has 0 fully saturated rings. The van der Waals surface area contributed by atoms with Gasteiger partial charge in [0, 0.05) is 69.4 Å². The van der Waals surface area contributed by atoms with E-state index in [0.717, 1.165) is 50.6 Å². The molecule has 1 atom stereocenters. The minimum atomic E-state index is -0.102. The second-order valence-corrected chi connectivity index (χ2v) is 13.2. The lowest BCUT2D eigenvalue weighted by Gasteiger charge is -2.26. The second-order valence-electron chi connectivity index (χ2n) is 13.2. The average molecular weight is 683 g/mol. The van der Waals surface area contributed by atoms with Gasteiger partial charge in [-0.25, -0.2) is 0 Å². The van der Waals surface area contributed by atoms with Crippen molar-refractivity contribution in [2.75, 3.05) is 4.90 Å². The van der Waals surface area contributed by atoms with Crippen molar-refractivity contribution in [3.8, 4) is 22.5 Å². The van der Waals surface area contributed by atoms with E-state index >= 15 is 0 Å². The number of nitrogens with zero attached hydrogens (tertiary/aromatic N) is 5. The van der Waals surface area contributed by atoms with Crippen LogP contribution in [0.5, 0.6) is 0 Å². The number of aliphatic imine (C=N–C) groups is 1. The van der Waals surface area contributed by atoms with E-state index in [1.165, 1.54) is 27.2 Å². The molecule has 6 heteroatoms. The van der Waals surface area contributed by atoms with Gasteiger partial charge in [0.2, 0.25) is 0 Å². The number of fused-ring (bicyclic) bond motifs is 5. The van der Waals surface area contributed by atoms with Gasteiger partial charge in [0.15, 0.2) is 0 Å². The topological polar surface area (TPSA) is 50.4 Å². The average Bonchev–Trinajstić information content (AvgIpc) is 3.82. The molecule has 0 radical (unpaired) electrons. The van der Waals surface area contributed by atoms with Gasteiger partial charge in [-0.2, -0.15) is 0 Å². The van der Waals surface area contributed by atoms with Crippen LogP contribution in [0.25, 0.3) is 55.2 Å². The van der Waals surface area contributed by atoms with Gasteiger partial charge in [0.25, 0.3) is 0 Å². The third kappa shape index (κ3) is 5.36. The largest absolute Gasteiger partial charge is 0.366 e. The van der Waals surface area contributed by atoms with E-state index in [1.54, 1.807) is 0 Å². The summed E-state index contributed by atoms with van der Waals surface area (Å²) < 4.78 is 4.69. The molecule has 0 bridgehead atoms. The molecule has 1 aliphatic heterocycles. The monoisotopic (exact) mass is 682 g/mol. The number of nitrogens with one attached hydrogen (secondary N) is 1. The summed E-state index contributed by atoms with van der Waals surface area (Å²) in [6, 6.07) is 56.4. The maximum Gasteiger partial charge on any atom is 0.144 e. The molecule has 252 valence electrons.